The molecule has 1 N–H and O–H groups in total. The number of ether oxygens (including phenoxy) is 2. The van der Waals surface area contributed by atoms with E-state index in [1.54, 1.807) is 20.8 Å². The van der Waals surface area contributed by atoms with Crippen LogP contribution in [0.5, 0.6) is 11.8 Å². The molecule has 2 unspecified atom stereocenters. The van der Waals surface area contributed by atoms with E-state index in [9.17, 15) is 18.7 Å². The summed E-state index contributed by atoms with van der Waals surface area (Å²) < 4.78 is 108. The number of hydrogen-bond donors (Lipinski definition) is 1. The fourth-order valence-electron chi connectivity index (χ4n) is 8.81. The Bertz CT molecular complexity index is 2260. The number of phenolic OH excluding ortho intramolecular Hbond substituents is 1. The minimum absolute atomic E-state index is 0.0470. The molecule has 9 nitrogen and oxygen atoms in total. The number of nitrogens with zero attached hydrogens (tertiary/aromatic N) is 5. The minimum atomic E-state index is -2.59. The predicted octanol–water partition coefficient (Wildman–Crippen LogP) is 7.69. The zero-order valence-corrected chi connectivity index (χ0v) is 29.8. The fraction of sp³-hybridized carbons (Fsp3) is 0.462. The molecule has 0 spiro atoms. The lowest BCUT2D eigenvalue weighted by Gasteiger charge is -2.47. The molecule has 4 aliphatic rings. The molecule has 2 bridgehead atoms. The van der Waals surface area contributed by atoms with Gasteiger partial charge in [-0.25, -0.2) is 36.0 Å². The van der Waals surface area contributed by atoms with Gasteiger partial charge in [0, 0.05) is 42.1 Å². The smallest absolute Gasteiger partial charge is 0.415 e. The van der Waals surface area contributed by atoms with Gasteiger partial charge in [-0.05, 0) is 69.8 Å². The van der Waals surface area contributed by atoms with Crippen molar-refractivity contribution in [3.63, 3.8) is 0 Å². The third-order valence-electron chi connectivity index (χ3n) is 11.0. The number of phenols is 1. The molecule has 284 valence electrons. The van der Waals surface area contributed by atoms with Gasteiger partial charge in [-0.15, -0.1) is 6.42 Å². The number of alkyl halides is 3. The van der Waals surface area contributed by atoms with Crippen LogP contribution in [0, 0.1) is 29.8 Å². The summed E-state index contributed by atoms with van der Waals surface area (Å²) in [6.07, 6.45) is 4.19. The van der Waals surface area contributed by atoms with Crippen LogP contribution in [-0.4, -0.2) is 92.7 Å². The number of rotatable bonds is 5. The van der Waals surface area contributed by atoms with Crippen LogP contribution in [0.25, 0.3) is 32.8 Å². The minimum Gasteiger partial charge on any atom is -0.508 e. The molecule has 0 saturated carbocycles. The molecule has 4 fully saturated rings. The lowest BCUT2D eigenvalue weighted by Crippen LogP contribution is -2.66. The number of halogens is 6. The molecule has 4 aliphatic heterocycles. The summed E-state index contributed by atoms with van der Waals surface area (Å²) in [6.45, 7) is 4.22. The summed E-state index contributed by atoms with van der Waals surface area (Å²) in [5, 5.41) is 10.4. The predicted molar refractivity (Wildman–Crippen MR) is 188 cm³/mol. The first-order valence-electron chi connectivity index (χ1n) is 17.7. The van der Waals surface area contributed by atoms with Crippen LogP contribution in [0.15, 0.2) is 30.3 Å². The quantitative estimate of drug-likeness (QED) is 0.126. The summed E-state index contributed by atoms with van der Waals surface area (Å²) in [5.41, 5.74) is -3.52. The Morgan fingerprint density at radius 3 is 2.46 bits per heavy atom. The van der Waals surface area contributed by atoms with Crippen molar-refractivity contribution in [1.29, 1.82) is 0 Å². The van der Waals surface area contributed by atoms with Crippen LogP contribution in [0.3, 0.4) is 0 Å². The first-order valence-corrected chi connectivity index (χ1v) is 17.7. The largest absolute Gasteiger partial charge is 0.508 e. The SMILES string of the molecule is C#Cc1c(F)ccc2cc(O)cc(-c3c(F)cc4c(N5CC6(F)CCC(F)(C5)N6C(=O)OC(C)(C)C)nc(OC[C@@]56CCCN5C[C@H](F)C6)nc4c3F)c12. The summed E-state index contributed by atoms with van der Waals surface area (Å²) in [5.74, 6) is -6.93. The van der Waals surface area contributed by atoms with Crippen LogP contribution in [0.2, 0.25) is 0 Å². The van der Waals surface area contributed by atoms with Crippen LogP contribution in [0.4, 0.5) is 37.0 Å². The zero-order chi connectivity index (χ0) is 38.5. The van der Waals surface area contributed by atoms with Crippen LogP contribution < -0.4 is 9.64 Å². The third kappa shape index (κ3) is 5.72. The summed E-state index contributed by atoms with van der Waals surface area (Å²) in [4.78, 5) is 25.5. The third-order valence-corrected chi connectivity index (χ3v) is 11.0. The van der Waals surface area contributed by atoms with Crippen molar-refractivity contribution < 1.29 is 45.7 Å². The van der Waals surface area contributed by atoms with Crippen molar-refractivity contribution in [2.24, 2.45) is 0 Å². The second-order valence-electron chi connectivity index (χ2n) is 15.8. The molecule has 4 atom stereocenters. The van der Waals surface area contributed by atoms with Crippen molar-refractivity contribution in [3.05, 3.63) is 53.3 Å². The molecule has 4 aromatic rings. The Hall–Kier alpha value is -4.97. The van der Waals surface area contributed by atoms with Crippen molar-refractivity contribution in [1.82, 2.24) is 19.8 Å². The highest BCUT2D eigenvalue weighted by Crippen LogP contribution is 2.51. The van der Waals surface area contributed by atoms with E-state index in [2.05, 4.69) is 15.9 Å². The van der Waals surface area contributed by atoms with Gasteiger partial charge < -0.3 is 19.5 Å². The van der Waals surface area contributed by atoms with Crippen LogP contribution >= 0.6 is 0 Å². The summed E-state index contributed by atoms with van der Waals surface area (Å²) in [7, 11) is 0. The Morgan fingerprint density at radius 2 is 1.78 bits per heavy atom. The molecular weight excluding hydrogens is 716 g/mol. The molecule has 1 amide bonds. The number of carbonyl (C=O) groups is 1. The number of aromatic nitrogens is 2. The number of hydrogen-bond acceptors (Lipinski definition) is 8. The molecule has 3 aromatic carbocycles. The Labute approximate surface area is 306 Å². The van der Waals surface area contributed by atoms with E-state index in [1.807, 2.05) is 4.90 Å². The van der Waals surface area contributed by atoms with Gasteiger partial charge in [0.25, 0.3) is 0 Å². The van der Waals surface area contributed by atoms with E-state index >= 15 is 17.6 Å². The standard InChI is InChI=1S/C39H37F6N5O4/c1-5-24-27(41)8-7-21-13-23(51)14-25(29(21)24)30-28(42)15-26-32(31(30)43)46-34(53-20-37-9-6-12-49(37)17-22(40)16-37)47-33(26)48-18-38(44)10-11-39(45,19-48)50(38)35(52)54-36(2,3)4/h1,7-8,13-15,22,51H,6,9-12,16-20H2,2-4H3/t22-,37+,38?,39?/m1/s1. The maximum atomic E-state index is 17.1. The van der Waals surface area contributed by atoms with E-state index in [4.69, 9.17) is 15.9 Å². The summed E-state index contributed by atoms with van der Waals surface area (Å²) >= 11 is 0. The Kier molecular flexibility index (Phi) is 8.19. The average Bonchev–Trinajstić information content (AvgIpc) is 3.66. The van der Waals surface area contributed by atoms with Gasteiger partial charge in [0.1, 0.15) is 47.1 Å². The van der Waals surface area contributed by atoms with E-state index in [0.29, 0.717) is 17.9 Å². The maximum absolute atomic E-state index is 17.1. The lowest BCUT2D eigenvalue weighted by molar-refractivity contribution is -0.115. The molecule has 4 saturated heterocycles. The molecule has 15 heteroatoms. The van der Waals surface area contributed by atoms with Crippen LogP contribution in [-0.2, 0) is 4.74 Å². The number of fused-ring (bicyclic) bond motifs is 5. The second kappa shape index (κ2) is 12.3. The van der Waals surface area contributed by atoms with Gasteiger partial charge in [0.2, 0.25) is 11.6 Å². The molecular formula is C39H37F6N5O4. The first-order chi connectivity index (χ1) is 25.4. The second-order valence-corrected chi connectivity index (χ2v) is 15.8. The molecule has 8 rings (SSSR count). The number of benzene rings is 3. The van der Waals surface area contributed by atoms with E-state index in [0.717, 1.165) is 29.5 Å². The highest BCUT2D eigenvalue weighted by atomic mass is 19.2. The van der Waals surface area contributed by atoms with E-state index in [-0.39, 0.29) is 71.3 Å². The highest BCUT2D eigenvalue weighted by Gasteiger charge is 2.65. The normalized spacial score (nSPS) is 26.8. The van der Waals surface area contributed by atoms with E-state index in [1.165, 1.54) is 12.1 Å². The van der Waals surface area contributed by atoms with Gasteiger partial charge in [0.05, 0.1) is 29.8 Å². The van der Waals surface area contributed by atoms with E-state index < -0.39 is 82.6 Å². The number of terminal acetylenes is 1. The molecule has 0 radical (unpaired) electrons. The van der Waals surface area contributed by atoms with Crippen LogP contribution in [0.1, 0.15) is 58.4 Å². The zero-order valence-electron chi connectivity index (χ0n) is 29.8. The van der Waals surface area contributed by atoms with Crippen molar-refractivity contribution >= 4 is 33.6 Å². The average molecular weight is 754 g/mol. The number of anilines is 1. The van der Waals surface area contributed by atoms with Crippen molar-refractivity contribution in [2.75, 3.05) is 37.7 Å². The van der Waals surface area contributed by atoms with Gasteiger partial charge >= 0.3 is 12.1 Å². The highest BCUT2D eigenvalue weighted by molar-refractivity contribution is 6.04. The van der Waals surface area contributed by atoms with Gasteiger partial charge in [-0.2, -0.15) is 9.97 Å². The first kappa shape index (κ1) is 36.0. The number of carbonyl (C=O) groups excluding carboxylic acids is 1. The van der Waals surface area contributed by atoms with Gasteiger partial charge in [-0.1, -0.05) is 12.0 Å². The number of piperazine rings is 1. The molecule has 5 heterocycles. The lowest BCUT2D eigenvalue weighted by atomic mass is 9.92. The Morgan fingerprint density at radius 1 is 1.06 bits per heavy atom. The summed E-state index contributed by atoms with van der Waals surface area (Å²) in [6, 6.07) is 5.16. The topological polar surface area (TPSA) is 91.3 Å². The fourth-order valence-corrected chi connectivity index (χ4v) is 8.81. The number of aromatic hydroxyl groups is 1. The van der Waals surface area contributed by atoms with Gasteiger partial charge in [-0.3, -0.25) is 4.90 Å². The maximum Gasteiger partial charge on any atom is 0.415 e. The monoisotopic (exact) mass is 753 g/mol. The van der Waals surface area contributed by atoms with Gasteiger partial charge in [0.15, 0.2) is 5.82 Å². The van der Waals surface area contributed by atoms with Crippen molar-refractivity contribution in [3.8, 4) is 35.2 Å². The molecule has 0 aliphatic carbocycles. The molecule has 1 aromatic heterocycles. The van der Waals surface area contributed by atoms with Crippen molar-refractivity contribution in [2.45, 2.75) is 81.8 Å². The molecule has 54 heavy (non-hydrogen) atoms. The Balaban J connectivity index is 1.29. The number of amides is 1.